The first-order valence-electron chi connectivity index (χ1n) is 6.32. The first kappa shape index (κ1) is 15.9. The summed E-state index contributed by atoms with van der Waals surface area (Å²) in [6.45, 7) is 8.08. The summed E-state index contributed by atoms with van der Waals surface area (Å²) >= 11 is 0. The summed E-state index contributed by atoms with van der Waals surface area (Å²) in [7, 11) is 0. The van der Waals surface area contributed by atoms with Gasteiger partial charge in [-0.25, -0.2) is 0 Å². The van der Waals surface area contributed by atoms with E-state index in [9.17, 15) is 9.59 Å². The van der Waals surface area contributed by atoms with Crippen LogP contribution >= 0.6 is 0 Å². The standard InChI is InChI=1S/C13H25NO3/c1-9(2)5-6-11(4)14-12(15)7-10(3)8-13(16)17/h9-11H,5-8H2,1-4H3,(H,14,15)(H,16,17). The van der Waals surface area contributed by atoms with E-state index in [0.717, 1.165) is 12.8 Å². The van der Waals surface area contributed by atoms with Crippen molar-refractivity contribution >= 4 is 11.9 Å². The van der Waals surface area contributed by atoms with Gasteiger partial charge in [-0.2, -0.15) is 0 Å². The van der Waals surface area contributed by atoms with Gasteiger partial charge in [-0.3, -0.25) is 9.59 Å². The van der Waals surface area contributed by atoms with Crippen molar-refractivity contribution in [3.05, 3.63) is 0 Å². The first-order valence-corrected chi connectivity index (χ1v) is 6.32. The molecule has 0 aliphatic heterocycles. The van der Waals surface area contributed by atoms with Crippen LogP contribution in [0.25, 0.3) is 0 Å². The average molecular weight is 243 g/mol. The van der Waals surface area contributed by atoms with Gasteiger partial charge in [-0.15, -0.1) is 0 Å². The third-order valence-corrected chi connectivity index (χ3v) is 2.64. The van der Waals surface area contributed by atoms with Crippen molar-refractivity contribution in [1.29, 1.82) is 0 Å². The smallest absolute Gasteiger partial charge is 0.303 e. The molecular weight excluding hydrogens is 218 g/mol. The molecule has 0 saturated carbocycles. The molecule has 0 spiro atoms. The van der Waals surface area contributed by atoms with Crippen LogP contribution in [0.2, 0.25) is 0 Å². The maximum absolute atomic E-state index is 11.6. The number of amides is 1. The van der Waals surface area contributed by atoms with Crippen molar-refractivity contribution in [1.82, 2.24) is 5.32 Å². The highest BCUT2D eigenvalue weighted by atomic mass is 16.4. The molecular formula is C13H25NO3. The van der Waals surface area contributed by atoms with Crippen LogP contribution in [0.3, 0.4) is 0 Å². The summed E-state index contributed by atoms with van der Waals surface area (Å²) in [5.74, 6) is -0.363. The topological polar surface area (TPSA) is 66.4 Å². The third-order valence-electron chi connectivity index (χ3n) is 2.64. The van der Waals surface area contributed by atoms with Crippen molar-refractivity contribution in [3.63, 3.8) is 0 Å². The summed E-state index contributed by atoms with van der Waals surface area (Å²) < 4.78 is 0. The molecule has 0 rings (SSSR count). The van der Waals surface area contributed by atoms with E-state index in [0.29, 0.717) is 5.92 Å². The fraction of sp³-hybridized carbons (Fsp3) is 0.846. The normalized spacial score (nSPS) is 14.4. The molecule has 4 nitrogen and oxygen atoms in total. The summed E-state index contributed by atoms with van der Waals surface area (Å²) in [5, 5.41) is 11.5. The number of carbonyl (C=O) groups is 2. The van der Waals surface area contributed by atoms with E-state index in [1.54, 1.807) is 6.92 Å². The van der Waals surface area contributed by atoms with Gasteiger partial charge in [0.05, 0.1) is 0 Å². The van der Waals surface area contributed by atoms with Gasteiger partial charge in [0.25, 0.3) is 0 Å². The monoisotopic (exact) mass is 243 g/mol. The van der Waals surface area contributed by atoms with Crippen LogP contribution in [0.15, 0.2) is 0 Å². The molecule has 2 unspecified atom stereocenters. The van der Waals surface area contributed by atoms with E-state index in [4.69, 9.17) is 5.11 Å². The van der Waals surface area contributed by atoms with Crippen LogP contribution < -0.4 is 5.32 Å². The average Bonchev–Trinajstić information content (AvgIpc) is 2.12. The second-order valence-electron chi connectivity index (χ2n) is 5.35. The summed E-state index contributed by atoms with van der Waals surface area (Å²) in [4.78, 5) is 22.0. The molecule has 0 aromatic carbocycles. The number of hydrogen-bond acceptors (Lipinski definition) is 2. The second-order valence-corrected chi connectivity index (χ2v) is 5.35. The van der Waals surface area contributed by atoms with Gasteiger partial charge in [-0.05, 0) is 31.6 Å². The van der Waals surface area contributed by atoms with Crippen LogP contribution in [0, 0.1) is 11.8 Å². The maximum atomic E-state index is 11.6. The zero-order valence-electron chi connectivity index (χ0n) is 11.3. The zero-order chi connectivity index (χ0) is 13.4. The largest absolute Gasteiger partial charge is 0.481 e. The van der Waals surface area contributed by atoms with Crippen LogP contribution in [0.4, 0.5) is 0 Å². The molecule has 0 aliphatic rings. The predicted octanol–water partition coefficient (Wildman–Crippen LogP) is 2.43. The van der Waals surface area contributed by atoms with E-state index >= 15 is 0 Å². The third kappa shape index (κ3) is 9.85. The predicted molar refractivity (Wildman–Crippen MR) is 67.7 cm³/mol. The molecule has 1 amide bonds. The van der Waals surface area contributed by atoms with Crippen LogP contribution in [-0.2, 0) is 9.59 Å². The molecule has 0 fully saturated rings. The lowest BCUT2D eigenvalue weighted by molar-refractivity contribution is -0.138. The molecule has 2 atom stereocenters. The van der Waals surface area contributed by atoms with E-state index in [-0.39, 0.29) is 30.7 Å². The molecule has 0 aromatic heterocycles. The zero-order valence-corrected chi connectivity index (χ0v) is 11.3. The van der Waals surface area contributed by atoms with Gasteiger partial charge in [0.15, 0.2) is 0 Å². The Morgan fingerprint density at radius 2 is 1.65 bits per heavy atom. The maximum Gasteiger partial charge on any atom is 0.303 e. The lowest BCUT2D eigenvalue weighted by atomic mass is 10.0. The molecule has 0 bridgehead atoms. The van der Waals surface area contributed by atoms with Crippen LogP contribution in [-0.4, -0.2) is 23.0 Å². The number of carbonyl (C=O) groups excluding carboxylic acids is 1. The van der Waals surface area contributed by atoms with Gasteiger partial charge in [0.1, 0.15) is 0 Å². The fourth-order valence-corrected chi connectivity index (χ4v) is 1.68. The second kappa shape index (κ2) is 8.09. The lowest BCUT2D eigenvalue weighted by Crippen LogP contribution is -2.33. The quantitative estimate of drug-likeness (QED) is 0.688. The number of carboxylic acid groups (broad SMARTS) is 1. The number of hydrogen-bond donors (Lipinski definition) is 2. The minimum absolute atomic E-state index is 0.0463. The van der Waals surface area contributed by atoms with Crippen LogP contribution in [0.1, 0.15) is 53.4 Å². The number of rotatable bonds is 8. The highest BCUT2D eigenvalue weighted by Crippen LogP contribution is 2.09. The lowest BCUT2D eigenvalue weighted by Gasteiger charge is -2.16. The Morgan fingerprint density at radius 1 is 1.06 bits per heavy atom. The van der Waals surface area contributed by atoms with Gasteiger partial charge >= 0.3 is 5.97 Å². The Morgan fingerprint density at radius 3 is 2.12 bits per heavy atom. The Labute approximate surface area is 104 Å². The van der Waals surface area contributed by atoms with Crippen molar-refractivity contribution < 1.29 is 14.7 Å². The van der Waals surface area contributed by atoms with Gasteiger partial charge < -0.3 is 10.4 Å². The van der Waals surface area contributed by atoms with Gasteiger partial charge in [-0.1, -0.05) is 20.8 Å². The number of aliphatic carboxylic acids is 1. The minimum atomic E-state index is -0.849. The first-order chi connectivity index (χ1) is 7.81. The summed E-state index contributed by atoms with van der Waals surface area (Å²) in [6.07, 6.45) is 2.40. The van der Waals surface area contributed by atoms with Gasteiger partial charge in [0.2, 0.25) is 5.91 Å². The molecule has 0 saturated heterocycles. The Bertz CT molecular complexity index is 251. The summed E-state index contributed by atoms with van der Waals surface area (Å²) in [6, 6.07) is 0.168. The van der Waals surface area contributed by atoms with Crippen molar-refractivity contribution in [2.75, 3.05) is 0 Å². The van der Waals surface area contributed by atoms with Crippen molar-refractivity contribution in [2.24, 2.45) is 11.8 Å². The van der Waals surface area contributed by atoms with E-state index in [2.05, 4.69) is 19.2 Å². The number of carboxylic acids is 1. The van der Waals surface area contributed by atoms with E-state index in [1.165, 1.54) is 0 Å². The molecule has 2 N–H and O–H groups in total. The highest BCUT2D eigenvalue weighted by molar-refractivity contribution is 5.77. The Kier molecular flexibility index (Phi) is 7.59. The van der Waals surface area contributed by atoms with E-state index < -0.39 is 5.97 Å². The molecule has 0 heterocycles. The molecule has 100 valence electrons. The van der Waals surface area contributed by atoms with E-state index in [1.807, 2.05) is 6.92 Å². The molecule has 0 aromatic rings. The highest BCUT2D eigenvalue weighted by Gasteiger charge is 2.14. The Hall–Kier alpha value is -1.06. The molecule has 4 heteroatoms. The van der Waals surface area contributed by atoms with Crippen molar-refractivity contribution in [3.8, 4) is 0 Å². The van der Waals surface area contributed by atoms with Crippen LogP contribution in [0.5, 0.6) is 0 Å². The van der Waals surface area contributed by atoms with Crippen molar-refractivity contribution in [2.45, 2.75) is 59.4 Å². The molecule has 17 heavy (non-hydrogen) atoms. The SMILES string of the molecule is CC(C)CCC(C)NC(=O)CC(C)CC(=O)O. The molecule has 0 aliphatic carbocycles. The van der Waals surface area contributed by atoms with Gasteiger partial charge in [0, 0.05) is 18.9 Å². The fourth-order valence-electron chi connectivity index (χ4n) is 1.68. The summed E-state index contributed by atoms with van der Waals surface area (Å²) in [5.41, 5.74) is 0. The molecule has 0 radical (unpaired) electrons. The number of nitrogens with one attached hydrogen (secondary N) is 1. The Balaban J connectivity index is 3.80. The minimum Gasteiger partial charge on any atom is -0.481 e.